The topological polar surface area (TPSA) is 63.8 Å². The quantitative estimate of drug-likeness (QED) is 0.824. The van der Waals surface area contributed by atoms with Gasteiger partial charge in [-0.05, 0) is 13.3 Å². The molecule has 7 heteroatoms. The van der Waals surface area contributed by atoms with Crippen LogP contribution in [0.4, 0.5) is 0 Å². The molecule has 0 radical (unpaired) electrons. The van der Waals surface area contributed by atoms with Gasteiger partial charge in [-0.3, -0.25) is 0 Å². The second kappa shape index (κ2) is 6.31. The van der Waals surface area contributed by atoms with E-state index in [1.165, 1.54) is 0 Å². The summed E-state index contributed by atoms with van der Waals surface area (Å²) in [5.41, 5.74) is 1.07. The number of thioether (sulfide) groups is 1. The number of aryl methyl sites for hydroxylation is 1. The van der Waals surface area contributed by atoms with Gasteiger partial charge in [0, 0.05) is 17.7 Å². The van der Waals surface area contributed by atoms with Crippen molar-refractivity contribution >= 4 is 23.1 Å². The Labute approximate surface area is 114 Å². The van der Waals surface area contributed by atoms with E-state index in [1.54, 1.807) is 23.1 Å². The molecule has 2 rings (SSSR count). The smallest absolute Gasteiger partial charge is 0.191 e. The van der Waals surface area contributed by atoms with Gasteiger partial charge in [-0.15, -0.1) is 21.5 Å². The van der Waals surface area contributed by atoms with E-state index in [0.29, 0.717) is 5.82 Å². The molecular weight excluding hydrogens is 268 g/mol. The number of aromatic nitrogens is 4. The van der Waals surface area contributed by atoms with Crippen LogP contribution < -0.4 is 0 Å². The van der Waals surface area contributed by atoms with Gasteiger partial charge < -0.3 is 9.67 Å². The Morgan fingerprint density at radius 1 is 1.44 bits per heavy atom. The number of hydrogen-bond donors (Lipinski definition) is 1. The molecular formula is C11H16N4OS2. The van der Waals surface area contributed by atoms with Gasteiger partial charge >= 0.3 is 0 Å². The summed E-state index contributed by atoms with van der Waals surface area (Å²) in [5, 5.41) is 21.3. The molecule has 1 N–H and O–H groups in total. The first-order chi connectivity index (χ1) is 8.74. The third-order valence-corrected chi connectivity index (χ3v) is 4.22. The van der Waals surface area contributed by atoms with E-state index >= 15 is 0 Å². The first-order valence-electron chi connectivity index (χ1n) is 5.81. The average molecular weight is 284 g/mol. The van der Waals surface area contributed by atoms with E-state index in [9.17, 15) is 5.11 Å². The SMILES string of the molecule is CCCn1c(CO)nnc1SCc1csc(C)n1. The number of aliphatic hydroxyl groups excluding tert-OH is 1. The highest BCUT2D eigenvalue weighted by Gasteiger charge is 2.11. The molecule has 0 aromatic carbocycles. The Morgan fingerprint density at radius 2 is 2.28 bits per heavy atom. The minimum absolute atomic E-state index is 0.0661. The van der Waals surface area contributed by atoms with E-state index in [1.807, 2.05) is 11.5 Å². The standard InChI is InChI=1S/C11H16N4OS2/c1-3-4-15-10(5-16)13-14-11(15)18-7-9-6-17-8(2)12-9/h6,16H,3-5,7H2,1-2H3. The lowest BCUT2D eigenvalue weighted by Crippen LogP contribution is -2.04. The lowest BCUT2D eigenvalue weighted by Gasteiger charge is -2.06. The Hall–Kier alpha value is -0.920. The second-order valence-electron chi connectivity index (χ2n) is 3.86. The molecule has 0 amide bonds. The van der Waals surface area contributed by atoms with Crippen molar-refractivity contribution in [2.45, 2.75) is 44.3 Å². The average Bonchev–Trinajstić information content (AvgIpc) is 2.94. The molecule has 0 aliphatic heterocycles. The lowest BCUT2D eigenvalue weighted by molar-refractivity contribution is 0.263. The maximum Gasteiger partial charge on any atom is 0.191 e. The van der Waals surface area contributed by atoms with Crippen LogP contribution in [0.25, 0.3) is 0 Å². The van der Waals surface area contributed by atoms with Crippen molar-refractivity contribution in [3.05, 3.63) is 21.9 Å². The van der Waals surface area contributed by atoms with Crippen molar-refractivity contribution in [2.24, 2.45) is 0 Å². The third kappa shape index (κ3) is 3.09. The van der Waals surface area contributed by atoms with Gasteiger partial charge in [-0.2, -0.15) is 0 Å². The van der Waals surface area contributed by atoms with Crippen LogP contribution in [0.5, 0.6) is 0 Å². The number of thiazole rings is 1. The zero-order valence-corrected chi connectivity index (χ0v) is 12.1. The van der Waals surface area contributed by atoms with Crippen molar-refractivity contribution in [1.82, 2.24) is 19.7 Å². The molecule has 0 atom stereocenters. The Balaban J connectivity index is 2.06. The molecule has 18 heavy (non-hydrogen) atoms. The van der Waals surface area contributed by atoms with Gasteiger partial charge in [-0.25, -0.2) is 4.98 Å². The van der Waals surface area contributed by atoms with Gasteiger partial charge in [0.1, 0.15) is 6.61 Å². The maximum atomic E-state index is 9.20. The number of nitrogens with zero attached hydrogens (tertiary/aromatic N) is 4. The molecule has 0 saturated heterocycles. The normalized spacial score (nSPS) is 11.1. The molecule has 5 nitrogen and oxygen atoms in total. The minimum Gasteiger partial charge on any atom is -0.388 e. The van der Waals surface area contributed by atoms with Crippen LogP contribution in [-0.4, -0.2) is 24.9 Å². The van der Waals surface area contributed by atoms with E-state index in [4.69, 9.17) is 0 Å². The van der Waals surface area contributed by atoms with Crippen LogP contribution in [0.15, 0.2) is 10.5 Å². The Kier molecular flexibility index (Phi) is 4.73. The number of rotatable bonds is 6. The molecule has 0 aliphatic rings. The summed E-state index contributed by atoms with van der Waals surface area (Å²) in [7, 11) is 0. The molecule has 2 aromatic rings. The Morgan fingerprint density at radius 3 is 2.89 bits per heavy atom. The number of hydrogen-bond acceptors (Lipinski definition) is 6. The fraction of sp³-hybridized carbons (Fsp3) is 0.545. The number of aliphatic hydroxyl groups is 1. The van der Waals surface area contributed by atoms with Crippen molar-refractivity contribution < 1.29 is 5.11 Å². The first-order valence-corrected chi connectivity index (χ1v) is 7.67. The summed E-state index contributed by atoms with van der Waals surface area (Å²) in [6, 6.07) is 0. The minimum atomic E-state index is -0.0661. The van der Waals surface area contributed by atoms with Crippen LogP contribution in [0.1, 0.15) is 29.9 Å². The Bertz CT molecular complexity index is 509. The largest absolute Gasteiger partial charge is 0.388 e. The molecule has 98 valence electrons. The summed E-state index contributed by atoms with van der Waals surface area (Å²) < 4.78 is 1.98. The monoisotopic (exact) mass is 284 g/mol. The zero-order chi connectivity index (χ0) is 13.0. The van der Waals surface area contributed by atoms with Gasteiger partial charge in [-0.1, -0.05) is 18.7 Å². The molecule has 0 unspecified atom stereocenters. The van der Waals surface area contributed by atoms with Crippen LogP contribution in [0, 0.1) is 6.92 Å². The predicted octanol–water partition coefficient (Wildman–Crippen LogP) is 2.24. The van der Waals surface area contributed by atoms with Crippen LogP contribution in [0.3, 0.4) is 0 Å². The summed E-state index contributed by atoms with van der Waals surface area (Å²) >= 11 is 3.27. The second-order valence-corrected chi connectivity index (χ2v) is 5.86. The van der Waals surface area contributed by atoms with Crippen molar-refractivity contribution in [2.75, 3.05) is 0 Å². The summed E-state index contributed by atoms with van der Waals surface area (Å²) in [6.07, 6.45) is 0.994. The van der Waals surface area contributed by atoms with Gasteiger partial charge in [0.2, 0.25) is 0 Å². The highest BCUT2D eigenvalue weighted by molar-refractivity contribution is 7.98. The summed E-state index contributed by atoms with van der Waals surface area (Å²) in [4.78, 5) is 4.42. The van der Waals surface area contributed by atoms with Crippen molar-refractivity contribution in [3.63, 3.8) is 0 Å². The lowest BCUT2D eigenvalue weighted by atomic mass is 10.4. The van der Waals surface area contributed by atoms with Crippen molar-refractivity contribution in [3.8, 4) is 0 Å². The fourth-order valence-electron chi connectivity index (χ4n) is 1.60. The van der Waals surface area contributed by atoms with E-state index in [-0.39, 0.29) is 6.61 Å². The third-order valence-electron chi connectivity index (χ3n) is 2.40. The highest BCUT2D eigenvalue weighted by Crippen LogP contribution is 2.23. The van der Waals surface area contributed by atoms with Crippen LogP contribution in [-0.2, 0) is 18.9 Å². The zero-order valence-electron chi connectivity index (χ0n) is 10.5. The van der Waals surface area contributed by atoms with E-state index in [0.717, 1.165) is 34.6 Å². The fourth-order valence-corrected chi connectivity index (χ4v) is 3.20. The van der Waals surface area contributed by atoms with Crippen molar-refractivity contribution in [1.29, 1.82) is 0 Å². The predicted molar refractivity (Wildman–Crippen MR) is 72.6 cm³/mol. The molecule has 0 spiro atoms. The molecule has 0 bridgehead atoms. The molecule has 0 aliphatic carbocycles. The molecule has 2 aromatic heterocycles. The van der Waals surface area contributed by atoms with Gasteiger partial charge in [0.25, 0.3) is 0 Å². The molecule has 0 saturated carbocycles. The molecule has 0 fully saturated rings. The van der Waals surface area contributed by atoms with E-state index in [2.05, 4.69) is 27.5 Å². The summed E-state index contributed by atoms with van der Waals surface area (Å²) in [6.45, 7) is 4.87. The van der Waals surface area contributed by atoms with Crippen LogP contribution in [0.2, 0.25) is 0 Å². The maximum absolute atomic E-state index is 9.20. The molecule has 2 heterocycles. The summed E-state index contributed by atoms with van der Waals surface area (Å²) in [5.74, 6) is 1.42. The van der Waals surface area contributed by atoms with Gasteiger partial charge in [0.15, 0.2) is 11.0 Å². The van der Waals surface area contributed by atoms with E-state index < -0.39 is 0 Å². The first kappa shape index (κ1) is 13.5. The highest BCUT2D eigenvalue weighted by atomic mass is 32.2. The van der Waals surface area contributed by atoms with Crippen LogP contribution >= 0.6 is 23.1 Å². The van der Waals surface area contributed by atoms with Gasteiger partial charge in [0.05, 0.1) is 10.7 Å².